The molecule has 1 N–H and O–H groups in total. The molecule has 114 valence electrons. The molecule has 4 aromatic rings. The Kier molecular flexibility index (Phi) is 3.31. The molecule has 0 unspecified atom stereocenters. The summed E-state index contributed by atoms with van der Waals surface area (Å²) in [5.41, 5.74) is 4.20. The number of ether oxygens (including phenoxy) is 1. The van der Waals surface area contributed by atoms with E-state index in [0.29, 0.717) is 0 Å². The minimum atomic E-state index is 0.745. The normalized spacial score (nSPS) is 11.0. The van der Waals surface area contributed by atoms with Gasteiger partial charge >= 0.3 is 0 Å². The highest BCUT2D eigenvalue weighted by Gasteiger charge is 2.10. The van der Waals surface area contributed by atoms with E-state index in [2.05, 4.69) is 33.4 Å². The van der Waals surface area contributed by atoms with Crippen LogP contribution in [0.25, 0.3) is 22.2 Å². The molecular weight excluding hydrogens is 288 g/mol. The van der Waals surface area contributed by atoms with Gasteiger partial charge in [-0.2, -0.15) is 5.10 Å². The number of aromatic nitrogens is 4. The molecule has 0 atom stereocenters. The van der Waals surface area contributed by atoms with Gasteiger partial charge in [0, 0.05) is 28.9 Å². The molecule has 5 nitrogen and oxygen atoms in total. The fraction of sp³-hybridized carbons (Fsp3) is 0.111. The van der Waals surface area contributed by atoms with Crippen molar-refractivity contribution in [2.45, 2.75) is 6.54 Å². The Bertz CT molecular complexity index is 940. The van der Waals surface area contributed by atoms with Crippen molar-refractivity contribution in [3.05, 3.63) is 66.7 Å². The van der Waals surface area contributed by atoms with Gasteiger partial charge in [-0.25, -0.2) is 4.98 Å². The molecular formula is C18H16N4O. The lowest BCUT2D eigenvalue weighted by Gasteiger charge is -2.01. The molecule has 1 aromatic carbocycles. The number of nitrogens with zero attached hydrogens (tertiary/aromatic N) is 3. The molecule has 5 heteroatoms. The third-order valence-electron chi connectivity index (χ3n) is 3.87. The zero-order chi connectivity index (χ0) is 15.6. The van der Waals surface area contributed by atoms with E-state index in [0.717, 1.165) is 34.5 Å². The predicted molar refractivity (Wildman–Crippen MR) is 89.4 cm³/mol. The Hall–Kier alpha value is -3.08. The summed E-state index contributed by atoms with van der Waals surface area (Å²) < 4.78 is 7.21. The van der Waals surface area contributed by atoms with E-state index in [1.54, 1.807) is 13.3 Å². The second-order valence-electron chi connectivity index (χ2n) is 5.39. The van der Waals surface area contributed by atoms with Crippen LogP contribution in [0.15, 0.2) is 61.2 Å². The second kappa shape index (κ2) is 5.61. The van der Waals surface area contributed by atoms with E-state index >= 15 is 0 Å². The molecule has 0 saturated heterocycles. The van der Waals surface area contributed by atoms with Crippen molar-refractivity contribution in [1.82, 2.24) is 19.7 Å². The van der Waals surface area contributed by atoms with Crippen molar-refractivity contribution < 1.29 is 4.74 Å². The molecule has 0 fully saturated rings. The first-order valence-corrected chi connectivity index (χ1v) is 7.41. The summed E-state index contributed by atoms with van der Waals surface area (Å²) in [7, 11) is 1.65. The topological polar surface area (TPSA) is 55.7 Å². The van der Waals surface area contributed by atoms with E-state index in [4.69, 9.17) is 4.74 Å². The summed E-state index contributed by atoms with van der Waals surface area (Å²) in [6, 6.07) is 12.3. The third-order valence-corrected chi connectivity index (χ3v) is 3.87. The van der Waals surface area contributed by atoms with Crippen molar-refractivity contribution >= 4 is 11.0 Å². The van der Waals surface area contributed by atoms with Crippen molar-refractivity contribution in [3.63, 3.8) is 0 Å². The first-order valence-electron chi connectivity index (χ1n) is 7.41. The quantitative estimate of drug-likeness (QED) is 0.628. The minimum absolute atomic E-state index is 0.745. The van der Waals surface area contributed by atoms with Crippen LogP contribution in [0, 0.1) is 0 Å². The van der Waals surface area contributed by atoms with E-state index < -0.39 is 0 Å². The maximum absolute atomic E-state index is 5.27. The standard InChI is InChI=1S/C18H16N4O/c1-23-15-7-16-17(10-20-18(16)19-9-15)14-8-21-22(12-14)11-13-5-3-2-4-6-13/h2-10,12H,11H2,1H3,(H,19,20). The van der Waals surface area contributed by atoms with Crippen LogP contribution in [-0.4, -0.2) is 26.9 Å². The number of fused-ring (bicyclic) bond motifs is 1. The van der Waals surface area contributed by atoms with Gasteiger partial charge in [0.1, 0.15) is 11.4 Å². The maximum atomic E-state index is 5.27. The summed E-state index contributed by atoms with van der Waals surface area (Å²) in [6.45, 7) is 0.755. The smallest absolute Gasteiger partial charge is 0.138 e. The number of nitrogens with one attached hydrogen (secondary N) is 1. The molecule has 0 aliphatic rings. The Balaban J connectivity index is 1.69. The molecule has 0 amide bonds. The van der Waals surface area contributed by atoms with Gasteiger partial charge in [-0.1, -0.05) is 30.3 Å². The van der Waals surface area contributed by atoms with Crippen LogP contribution >= 0.6 is 0 Å². The van der Waals surface area contributed by atoms with Crippen molar-refractivity contribution in [3.8, 4) is 16.9 Å². The van der Waals surface area contributed by atoms with Crippen LogP contribution in [0.1, 0.15) is 5.56 Å². The molecule has 0 spiro atoms. The first-order chi connectivity index (χ1) is 11.3. The van der Waals surface area contributed by atoms with Crippen LogP contribution in [0.5, 0.6) is 5.75 Å². The maximum Gasteiger partial charge on any atom is 0.138 e. The fourth-order valence-electron chi connectivity index (χ4n) is 2.69. The molecule has 0 radical (unpaired) electrons. The van der Waals surface area contributed by atoms with Crippen molar-refractivity contribution in [2.75, 3.05) is 7.11 Å². The summed E-state index contributed by atoms with van der Waals surface area (Å²) in [6.07, 6.45) is 7.60. The highest BCUT2D eigenvalue weighted by molar-refractivity contribution is 5.93. The SMILES string of the molecule is COc1cnc2[nH]cc(-c3cnn(Cc4ccccc4)c3)c2c1. The Morgan fingerprint density at radius 2 is 2.04 bits per heavy atom. The lowest BCUT2D eigenvalue weighted by atomic mass is 10.1. The Morgan fingerprint density at radius 1 is 1.17 bits per heavy atom. The molecule has 3 heterocycles. The van der Waals surface area contributed by atoms with E-state index in [-0.39, 0.29) is 0 Å². The molecule has 0 aliphatic heterocycles. The van der Waals surface area contributed by atoms with Gasteiger partial charge in [0.2, 0.25) is 0 Å². The summed E-state index contributed by atoms with van der Waals surface area (Å²) in [5, 5.41) is 5.50. The number of hydrogen-bond donors (Lipinski definition) is 1. The largest absolute Gasteiger partial charge is 0.495 e. The van der Waals surface area contributed by atoms with Crippen LogP contribution < -0.4 is 4.74 Å². The Morgan fingerprint density at radius 3 is 2.87 bits per heavy atom. The van der Waals surface area contributed by atoms with Gasteiger partial charge in [0.25, 0.3) is 0 Å². The van der Waals surface area contributed by atoms with Gasteiger partial charge in [-0.3, -0.25) is 4.68 Å². The number of hydrogen-bond acceptors (Lipinski definition) is 3. The van der Waals surface area contributed by atoms with Crippen LogP contribution in [0.3, 0.4) is 0 Å². The average Bonchev–Trinajstić information content (AvgIpc) is 3.21. The third kappa shape index (κ3) is 2.57. The highest BCUT2D eigenvalue weighted by Crippen LogP contribution is 2.29. The van der Waals surface area contributed by atoms with Crippen LogP contribution in [0.2, 0.25) is 0 Å². The number of aromatic amines is 1. The number of benzene rings is 1. The van der Waals surface area contributed by atoms with Crippen LogP contribution in [-0.2, 0) is 6.54 Å². The number of rotatable bonds is 4. The van der Waals surface area contributed by atoms with Crippen LogP contribution in [0.4, 0.5) is 0 Å². The number of H-pyrrole nitrogens is 1. The lowest BCUT2D eigenvalue weighted by molar-refractivity contribution is 0.414. The van der Waals surface area contributed by atoms with E-state index in [9.17, 15) is 0 Å². The summed E-state index contributed by atoms with van der Waals surface area (Å²) >= 11 is 0. The minimum Gasteiger partial charge on any atom is -0.495 e. The van der Waals surface area contributed by atoms with Gasteiger partial charge in [-0.05, 0) is 11.6 Å². The number of methoxy groups -OCH3 is 1. The molecule has 4 rings (SSSR count). The fourth-order valence-corrected chi connectivity index (χ4v) is 2.69. The number of pyridine rings is 1. The zero-order valence-electron chi connectivity index (χ0n) is 12.7. The first kappa shape index (κ1) is 13.6. The summed E-state index contributed by atoms with van der Waals surface area (Å²) in [4.78, 5) is 7.56. The monoisotopic (exact) mass is 304 g/mol. The van der Waals surface area contributed by atoms with Gasteiger partial charge in [0.05, 0.1) is 26.0 Å². The van der Waals surface area contributed by atoms with Crippen molar-refractivity contribution in [1.29, 1.82) is 0 Å². The molecule has 0 aliphatic carbocycles. The zero-order valence-corrected chi connectivity index (χ0v) is 12.7. The highest BCUT2D eigenvalue weighted by atomic mass is 16.5. The lowest BCUT2D eigenvalue weighted by Crippen LogP contribution is -1.99. The van der Waals surface area contributed by atoms with E-state index in [1.807, 2.05) is 41.3 Å². The van der Waals surface area contributed by atoms with Gasteiger partial charge in [-0.15, -0.1) is 0 Å². The summed E-state index contributed by atoms with van der Waals surface area (Å²) in [5.74, 6) is 0.745. The van der Waals surface area contributed by atoms with E-state index in [1.165, 1.54) is 5.56 Å². The molecule has 0 saturated carbocycles. The predicted octanol–water partition coefficient (Wildman–Crippen LogP) is 3.48. The molecule has 0 bridgehead atoms. The van der Waals surface area contributed by atoms with Crippen molar-refractivity contribution in [2.24, 2.45) is 0 Å². The average molecular weight is 304 g/mol. The second-order valence-corrected chi connectivity index (χ2v) is 5.39. The molecule has 23 heavy (non-hydrogen) atoms. The van der Waals surface area contributed by atoms with Gasteiger partial charge in [0.15, 0.2) is 0 Å². The Labute approximate surface area is 133 Å². The van der Waals surface area contributed by atoms with Gasteiger partial charge < -0.3 is 9.72 Å². The molecule has 3 aromatic heterocycles.